The van der Waals surface area contributed by atoms with Crippen LogP contribution in [0.5, 0.6) is 0 Å². The molecule has 0 radical (unpaired) electrons. The normalized spacial score (nSPS) is 21.5. The van der Waals surface area contributed by atoms with E-state index in [1.165, 1.54) is 6.07 Å². The monoisotopic (exact) mass is 377 g/mol. The van der Waals surface area contributed by atoms with Crippen LogP contribution < -0.4 is 10.9 Å². The number of amides is 1. The van der Waals surface area contributed by atoms with Gasteiger partial charge in [0.05, 0.1) is 12.1 Å². The van der Waals surface area contributed by atoms with Crippen LogP contribution >= 0.6 is 0 Å². The molecule has 1 saturated carbocycles. The molecular formula is C22H23N3O3. The van der Waals surface area contributed by atoms with Crippen molar-refractivity contribution >= 4 is 17.3 Å². The predicted octanol–water partition coefficient (Wildman–Crippen LogP) is 2.65. The maximum absolute atomic E-state index is 12.5. The quantitative estimate of drug-likeness (QED) is 0.838. The van der Waals surface area contributed by atoms with E-state index < -0.39 is 0 Å². The highest BCUT2D eigenvalue weighted by atomic mass is 16.2. The zero-order valence-corrected chi connectivity index (χ0v) is 15.8. The maximum Gasteiger partial charge on any atom is 0.251 e. The third-order valence-corrected chi connectivity index (χ3v) is 5.56. The van der Waals surface area contributed by atoms with E-state index in [0.717, 1.165) is 29.7 Å². The van der Waals surface area contributed by atoms with Gasteiger partial charge in [0, 0.05) is 30.0 Å². The second-order valence-electron chi connectivity index (χ2n) is 7.61. The number of nitrogens with one attached hydrogen (secondary N) is 2. The van der Waals surface area contributed by atoms with Crippen molar-refractivity contribution in [3.63, 3.8) is 0 Å². The summed E-state index contributed by atoms with van der Waals surface area (Å²) in [5, 5.41) is 3.03. The van der Waals surface area contributed by atoms with E-state index in [0.29, 0.717) is 24.2 Å². The Morgan fingerprint density at radius 3 is 2.64 bits per heavy atom. The van der Waals surface area contributed by atoms with Crippen molar-refractivity contribution in [3.05, 3.63) is 69.4 Å². The van der Waals surface area contributed by atoms with Crippen molar-refractivity contribution in [2.75, 3.05) is 0 Å². The molecule has 4 rings (SSSR count). The van der Waals surface area contributed by atoms with Gasteiger partial charge < -0.3 is 10.3 Å². The number of nitrogens with zero attached hydrogens (tertiary/aromatic N) is 1. The molecule has 2 N–H and O–H groups in total. The predicted molar refractivity (Wildman–Crippen MR) is 106 cm³/mol. The maximum atomic E-state index is 12.5. The molecule has 1 amide bonds. The number of benzene rings is 1. The minimum Gasteiger partial charge on any atom is -0.353 e. The molecule has 1 aromatic carbocycles. The van der Waals surface area contributed by atoms with E-state index in [1.807, 2.05) is 30.3 Å². The third kappa shape index (κ3) is 3.81. The Labute approximate surface area is 163 Å². The van der Waals surface area contributed by atoms with Crippen LogP contribution in [0.2, 0.25) is 0 Å². The van der Waals surface area contributed by atoms with Crippen LogP contribution in [-0.4, -0.2) is 27.7 Å². The van der Waals surface area contributed by atoms with Gasteiger partial charge >= 0.3 is 0 Å². The van der Waals surface area contributed by atoms with E-state index in [1.54, 1.807) is 6.92 Å². The molecule has 0 bridgehead atoms. The van der Waals surface area contributed by atoms with Gasteiger partial charge in [-0.1, -0.05) is 30.3 Å². The summed E-state index contributed by atoms with van der Waals surface area (Å²) >= 11 is 0. The number of aromatic amines is 1. The standard InChI is InChI=1S/C22H23N3O3/c1-13-23-19(12-22(28)24-13)15-9-16(10-15)25-21(27)11-18-17(7-8-20(18)26)14-5-3-2-4-6-14/h2-6,12,15-16H,7-11H2,1H3,(H,25,27)(H,23,24,28). The molecule has 1 fully saturated rings. The van der Waals surface area contributed by atoms with Crippen molar-refractivity contribution in [1.29, 1.82) is 0 Å². The van der Waals surface area contributed by atoms with Crippen molar-refractivity contribution in [3.8, 4) is 0 Å². The molecule has 0 unspecified atom stereocenters. The first-order chi connectivity index (χ1) is 13.5. The Kier molecular flexibility index (Phi) is 4.94. The van der Waals surface area contributed by atoms with Crippen LogP contribution in [0.1, 0.15) is 55.1 Å². The summed E-state index contributed by atoms with van der Waals surface area (Å²) in [6.07, 6.45) is 2.84. The number of carbonyl (C=O) groups is 2. The first kappa shape index (κ1) is 18.3. The van der Waals surface area contributed by atoms with E-state index in [9.17, 15) is 14.4 Å². The fourth-order valence-electron chi connectivity index (χ4n) is 4.10. The molecule has 0 saturated heterocycles. The molecule has 144 valence electrons. The molecule has 2 aliphatic carbocycles. The van der Waals surface area contributed by atoms with E-state index in [4.69, 9.17) is 0 Å². The molecule has 2 aliphatic rings. The summed E-state index contributed by atoms with van der Waals surface area (Å²) in [4.78, 5) is 43.4. The lowest BCUT2D eigenvalue weighted by atomic mass is 9.78. The van der Waals surface area contributed by atoms with Crippen LogP contribution in [0.4, 0.5) is 0 Å². The van der Waals surface area contributed by atoms with Crippen LogP contribution in [0, 0.1) is 6.92 Å². The van der Waals surface area contributed by atoms with Gasteiger partial charge in [-0.25, -0.2) is 4.98 Å². The minimum atomic E-state index is -0.143. The lowest BCUT2D eigenvalue weighted by Crippen LogP contribution is -2.44. The van der Waals surface area contributed by atoms with Gasteiger partial charge in [-0.2, -0.15) is 0 Å². The summed E-state index contributed by atoms with van der Waals surface area (Å²) in [6.45, 7) is 1.76. The Morgan fingerprint density at radius 1 is 1.18 bits per heavy atom. The number of allylic oxidation sites excluding steroid dienone is 1. The molecular weight excluding hydrogens is 354 g/mol. The number of Topliss-reactive ketones (excluding diaryl/α,β-unsaturated/α-hetero) is 1. The zero-order valence-electron chi connectivity index (χ0n) is 15.8. The SMILES string of the molecule is Cc1nc(C2CC(NC(=O)CC3=C(c4ccccc4)CCC3=O)C2)cc(=O)[nH]1. The lowest BCUT2D eigenvalue weighted by Gasteiger charge is -2.35. The van der Waals surface area contributed by atoms with Gasteiger partial charge in [-0.15, -0.1) is 0 Å². The van der Waals surface area contributed by atoms with Gasteiger partial charge in [0.15, 0.2) is 5.78 Å². The summed E-state index contributed by atoms with van der Waals surface area (Å²) in [6, 6.07) is 11.4. The number of hydrogen-bond donors (Lipinski definition) is 2. The van der Waals surface area contributed by atoms with E-state index in [-0.39, 0.29) is 35.6 Å². The molecule has 0 aliphatic heterocycles. The highest BCUT2D eigenvalue weighted by Crippen LogP contribution is 2.36. The lowest BCUT2D eigenvalue weighted by molar-refractivity contribution is -0.123. The number of hydrogen-bond acceptors (Lipinski definition) is 4. The first-order valence-corrected chi connectivity index (χ1v) is 9.67. The Balaban J connectivity index is 1.37. The second-order valence-corrected chi connectivity index (χ2v) is 7.61. The molecule has 28 heavy (non-hydrogen) atoms. The Hall–Kier alpha value is -3.02. The highest BCUT2D eigenvalue weighted by Gasteiger charge is 2.33. The van der Waals surface area contributed by atoms with Gasteiger partial charge in [-0.05, 0) is 37.3 Å². The fraction of sp³-hybridized carbons (Fsp3) is 0.364. The number of aryl methyl sites for hydroxylation is 1. The van der Waals surface area contributed by atoms with E-state index >= 15 is 0 Å². The van der Waals surface area contributed by atoms with Crippen molar-refractivity contribution in [2.24, 2.45) is 0 Å². The van der Waals surface area contributed by atoms with Gasteiger partial charge in [0.2, 0.25) is 5.91 Å². The summed E-state index contributed by atoms with van der Waals surface area (Å²) in [5.74, 6) is 0.759. The molecule has 0 atom stereocenters. The topological polar surface area (TPSA) is 91.9 Å². The van der Waals surface area contributed by atoms with Crippen LogP contribution in [0.15, 0.2) is 46.8 Å². The zero-order chi connectivity index (χ0) is 19.7. The van der Waals surface area contributed by atoms with Crippen LogP contribution in [-0.2, 0) is 9.59 Å². The number of rotatable bonds is 5. The average Bonchev–Trinajstić information content (AvgIpc) is 2.98. The second kappa shape index (κ2) is 7.54. The summed E-state index contributed by atoms with van der Waals surface area (Å²) in [5.41, 5.74) is 3.30. The van der Waals surface area contributed by atoms with Gasteiger partial charge in [-0.3, -0.25) is 14.4 Å². The third-order valence-electron chi connectivity index (χ3n) is 5.56. The Bertz CT molecular complexity index is 1000. The molecule has 1 heterocycles. The van der Waals surface area contributed by atoms with Crippen LogP contribution in [0.3, 0.4) is 0 Å². The molecule has 0 spiro atoms. The highest BCUT2D eigenvalue weighted by molar-refractivity contribution is 6.10. The van der Waals surface area contributed by atoms with Crippen molar-refractivity contribution in [1.82, 2.24) is 15.3 Å². The van der Waals surface area contributed by atoms with E-state index in [2.05, 4.69) is 15.3 Å². The first-order valence-electron chi connectivity index (χ1n) is 9.67. The molecule has 2 aromatic rings. The number of ketones is 1. The molecule has 1 aromatic heterocycles. The smallest absolute Gasteiger partial charge is 0.251 e. The van der Waals surface area contributed by atoms with Gasteiger partial charge in [0.1, 0.15) is 5.82 Å². The van der Waals surface area contributed by atoms with Gasteiger partial charge in [0.25, 0.3) is 5.56 Å². The fourth-order valence-corrected chi connectivity index (χ4v) is 4.10. The number of aromatic nitrogens is 2. The van der Waals surface area contributed by atoms with Crippen LogP contribution in [0.25, 0.3) is 5.57 Å². The van der Waals surface area contributed by atoms with Crippen molar-refractivity contribution in [2.45, 2.75) is 51.0 Å². The number of carbonyl (C=O) groups excluding carboxylic acids is 2. The van der Waals surface area contributed by atoms with Crippen molar-refractivity contribution < 1.29 is 9.59 Å². The average molecular weight is 377 g/mol. The Morgan fingerprint density at radius 2 is 1.93 bits per heavy atom. The summed E-state index contributed by atoms with van der Waals surface area (Å²) < 4.78 is 0. The minimum absolute atomic E-state index is 0.0659. The molecule has 6 heteroatoms. The summed E-state index contributed by atoms with van der Waals surface area (Å²) in [7, 11) is 0. The largest absolute Gasteiger partial charge is 0.353 e. The number of H-pyrrole nitrogens is 1. The molecule has 6 nitrogen and oxygen atoms in total.